The molecule has 0 aliphatic carbocycles. The van der Waals surface area contributed by atoms with Crippen LogP contribution in [0.1, 0.15) is 47.0 Å². The summed E-state index contributed by atoms with van der Waals surface area (Å²) in [4.78, 5) is 13.5. The van der Waals surface area contributed by atoms with Crippen molar-refractivity contribution in [2.45, 2.75) is 52.6 Å². The van der Waals surface area contributed by atoms with Gasteiger partial charge in [-0.3, -0.25) is 0 Å². The fourth-order valence-electron chi connectivity index (χ4n) is 2.14. The molecule has 1 aliphatic heterocycles. The normalized spacial score (nSPS) is 17.8. The van der Waals surface area contributed by atoms with Crippen molar-refractivity contribution in [1.29, 1.82) is 0 Å². The maximum absolute atomic E-state index is 12.2. The lowest BCUT2D eigenvalue weighted by atomic mass is 10.2. The molecular weight excluding hydrogens is 292 g/mol. The number of hydrogen-bond donors (Lipinski definition) is 0. The molecular formula is C14H28N2O4S. The molecule has 1 rings (SSSR count). The molecule has 7 heteroatoms. The molecule has 0 saturated carbocycles. The number of piperazine rings is 1. The Balaban J connectivity index is 2.46. The Morgan fingerprint density at radius 3 is 2.14 bits per heavy atom. The Labute approximate surface area is 128 Å². The first-order chi connectivity index (χ1) is 9.65. The lowest BCUT2D eigenvalue weighted by molar-refractivity contribution is 0.0192. The molecule has 21 heavy (non-hydrogen) atoms. The van der Waals surface area contributed by atoms with Crippen LogP contribution in [0.5, 0.6) is 0 Å². The molecule has 0 bridgehead atoms. The van der Waals surface area contributed by atoms with Crippen LogP contribution in [0, 0.1) is 0 Å². The molecule has 0 aromatic carbocycles. The van der Waals surface area contributed by atoms with Crippen molar-refractivity contribution in [3.8, 4) is 0 Å². The maximum atomic E-state index is 12.2. The van der Waals surface area contributed by atoms with Gasteiger partial charge in [0.15, 0.2) is 0 Å². The van der Waals surface area contributed by atoms with Crippen molar-refractivity contribution in [2.24, 2.45) is 0 Å². The predicted molar refractivity (Wildman–Crippen MR) is 82.7 cm³/mol. The first-order valence-electron chi connectivity index (χ1n) is 7.61. The summed E-state index contributed by atoms with van der Waals surface area (Å²) in [5.74, 6) is 0.202. The second-order valence-electron chi connectivity index (χ2n) is 6.39. The molecule has 0 unspecified atom stereocenters. The van der Waals surface area contributed by atoms with E-state index in [4.69, 9.17) is 4.74 Å². The van der Waals surface area contributed by atoms with Crippen LogP contribution in [0.15, 0.2) is 0 Å². The molecule has 1 fully saturated rings. The van der Waals surface area contributed by atoms with Crippen LogP contribution >= 0.6 is 0 Å². The molecule has 6 nitrogen and oxygen atoms in total. The van der Waals surface area contributed by atoms with Crippen LogP contribution in [0.2, 0.25) is 0 Å². The minimum absolute atomic E-state index is 0.202. The van der Waals surface area contributed by atoms with Gasteiger partial charge in [-0.05, 0) is 27.2 Å². The van der Waals surface area contributed by atoms with Crippen LogP contribution in [-0.4, -0.2) is 61.2 Å². The van der Waals surface area contributed by atoms with E-state index in [-0.39, 0.29) is 11.8 Å². The molecule has 1 aliphatic rings. The van der Waals surface area contributed by atoms with Gasteiger partial charge < -0.3 is 9.64 Å². The number of carbonyl (C=O) groups is 1. The topological polar surface area (TPSA) is 66.9 Å². The van der Waals surface area contributed by atoms with Gasteiger partial charge in [0.25, 0.3) is 0 Å². The molecule has 0 atom stereocenters. The highest BCUT2D eigenvalue weighted by Gasteiger charge is 2.30. The second kappa shape index (κ2) is 7.45. The van der Waals surface area contributed by atoms with Crippen LogP contribution in [0.25, 0.3) is 0 Å². The molecule has 0 N–H and O–H groups in total. The van der Waals surface area contributed by atoms with Gasteiger partial charge in [-0.2, -0.15) is 4.31 Å². The first-order valence-corrected chi connectivity index (χ1v) is 9.22. The van der Waals surface area contributed by atoms with Gasteiger partial charge in [0.1, 0.15) is 5.60 Å². The van der Waals surface area contributed by atoms with Crippen LogP contribution < -0.4 is 0 Å². The summed E-state index contributed by atoms with van der Waals surface area (Å²) in [5, 5.41) is 0. The summed E-state index contributed by atoms with van der Waals surface area (Å²) >= 11 is 0. The van der Waals surface area contributed by atoms with E-state index in [0.717, 1.165) is 12.8 Å². The zero-order chi connectivity index (χ0) is 16.1. The Hall–Kier alpha value is -0.820. The molecule has 1 saturated heterocycles. The zero-order valence-electron chi connectivity index (χ0n) is 13.6. The third kappa shape index (κ3) is 6.22. The van der Waals surface area contributed by atoms with E-state index >= 15 is 0 Å². The SMILES string of the molecule is CCCCCS(=O)(=O)N1CCN(C(=O)OC(C)(C)C)CC1. The van der Waals surface area contributed by atoms with Gasteiger partial charge >= 0.3 is 6.09 Å². The van der Waals surface area contributed by atoms with Crippen molar-refractivity contribution in [3.63, 3.8) is 0 Å². The fraction of sp³-hybridized carbons (Fsp3) is 0.929. The fourth-order valence-corrected chi connectivity index (χ4v) is 3.69. The average Bonchev–Trinajstić information content (AvgIpc) is 2.37. The Morgan fingerprint density at radius 1 is 1.10 bits per heavy atom. The highest BCUT2D eigenvalue weighted by molar-refractivity contribution is 7.89. The monoisotopic (exact) mass is 320 g/mol. The van der Waals surface area contributed by atoms with Crippen LogP contribution in [-0.2, 0) is 14.8 Å². The second-order valence-corrected chi connectivity index (χ2v) is 8.48. The van der Waals surface area contributed by atoms with Crippen LogP contribution in [0.3, 0.4) is 0 Å². The van der Waals surface area contributed by atoms with Gasteiger partial charge in [0.2, 0.25) is 10.0 Å². The third-order valence-electron chi connectivity index (χ3n) is 3.29. The van der Waals surface area contributed by atoms with E-state index in [1.165, 1.54) is 4.31 Å². The summed E-state index contributed by atoms with van der Waals surface area (Å²) < 4.78 is 31.1. The number of carbonyl (C=O) groups excluding carboxylic acids is 1. The number of hydrogen-bond acceptors (Lipinski definition) is 4. The molecule has 1 amide bonds. The summed E-state index contributed by atoms with van der Waals surface area (Å²) in [6.07, 6.45) is 2.26. The number of unbranched alkanes of at least 4 members (excludes halogenated alkanes) is 2. The Morgan fingerprint density at radius 2 is 1.67 bits per heavy atom. The largest absolute Gasteiger partial charge is 0.444 e. The average molecular weight is 320 g/mol. The molecule has 0 aromatic rings. The molecule has 124 valence electrons. The van der Waals surface area contributed by atoms with E-state index in [0.29, 0.717) is 32.6 Å². The summed E-state index contributed by atoms with van der Waals surface area (Å²) in [7, 11) is -3.19. The van der Waals surface area contributed by atoms with Crippen molar-refractivity contribution >= 4 is 16.1 Å². The quantitative estimate of drug-likeness (QED) is 0.727. The number of rotatable bonds is 5. The third-order valence-corrected chi connectivity index (χ3v) is 5.25. The number of ether oxygens (including phenoxy) is 1. The lowest BCUT2D eigenvalue weighted by Gasteiger charge is -2.35. The van der Waals surface area contributed by atoms with Crippen molar-refractivity contribution < 1.29 is 17.9 Å². The molecule has 0 aromatic heterocycles. The van der Waals surface area contributed by atoms with E-state index in [2.05, 4.69) is 0 Å². The van der Waals surface area contributed by atoms with Gasteiger partial charge in [-0.25, -0.2) is 13.2 Å². The van der Waals surface area contributed by atoms with E-state index < -0.39 is 15.6 Å². The summed E-state index contributed by atoms with van der Waals surface area (Å²) in [5.41, 5.74) is -0.527. The van der Waals surface area contributed by atoms with Crippen molar-refractivity contribution in [3.05, 3.63) is 0 Å². The number of amides is 1. The summed E-state index contributed by atoms with van der Waals surface area (Å²) in [6.45, 7) is 9.00. The highest BCUT2D eigenvalue weighted by Crippen LogP contribution is 2.14. The lowest BCUT2D eigenvalue weighted by Crippen LogP contribution is -2.52. The predicted octanol–water partition coefficient (Wildman–Crippen LogP) is 2.06. The van der Waals surface area contributed by atoms with Crippen LogP contribution in [0.4, 0.5) is 4.79 Å². The smallest absolute Gasteiger partial charge is 0.410 e. The molecule has 1 heterocycles. The van der Waals surface area contributed by atoms with E-state index in [1.54, 1.807) is 4.90 Å². The summed E-state index contributed by atoms with van der Waals surface area (Å²) in [6, 6.07) is 0. The Bertz CT molecular complexity index is 434. The highest BCUT2D eigenvalue weighted by atomic mass is 32.2. The maximum Gasteiger partial charge on any atom is 0.410 e. The molecule has 0 spiro atoms. The number of sulfonamides is 1. The van der Waals surface area contributed by atoms with Gasteiger partial charge in [0, 0.05) is 26.2 Å². The van der Waals surface area contributed by atoms with Gasteiger partial charge in [-0.1, -0.05) is 19.8 Å². The van der Waals surface area contributed by atoms with E-state index in [9.17, 15) is 13.2 Å². The van der Waals surface area contributed by atoms with E-state index in [1.807, 2.05) is 27.7 Å². The zero-order valence-corrected chi connectivity index (χ0v) is 14.4. The minimum Gasteiger partial charge on any atom is -0.444 e. The molecule has 0 radical (unpaired) electrons. The number of nitrogens with zero attached hydrogens (tertiary/aromatic N) is 2. The minimum atomic E-state index is -3.19. The van der Waals surface area contributed by atoms with Crippen molar-refractivity contribution in [2.75, 3.05) is 31.9 Å². The Kier molecular flexibility index (Phi) is 6.46. The van der Waals surface area contributed by atoms with Crippen molar-refractivity contribution in [1.82, 2.24) is 9.21 Å². The standard InChI is InChI=1S/C14H28N2O4S/c1-5-6-7-12-21(18,19)16-10-8-15(9-11-16)13(17)20-14(2,3)4/h5-12H2,1-4H3. The first kappa shape index (κ1) is 18.2. The van der Waals surface area contributed by atoms with Gasteiger partial charge in [-0.15, -0.1) is 0 Å². The van der Waals surface area contributed by atoms with Gasteiger partial charge in [0.05, 0.1) is 5.75 Å².